The number of hydrogen-bond acceptors (Lipinski definition) is 1. The molecule has 2 heterocycles. The second-order valence-electron chi connectivity index (χ2n) is 13.8. The van der Waals surface area contributed by atoms with Gasteiger partial charge in [0.1, 0.15) is 0 Å². The maximum Gasteiger partial charge on any atom is 0.0562 e. The number of para-hydroxylation sites is 3. The molecule has 0 aliphatic heterocycles. The fraction of sp³-hybridized carbons (Fsp3) is 0. The molecule has 0 saturated heterocycles. The number of hydrogen-bond donors (Lipinski definition) is 0. The molecular weight excluding hydrogens is 643 g/mol. The first-order valence-corrected chi connectivity index (χ1v) is 18.2. The van der Waals surface area contributed by atoms with Gasteiger partial charge in [-0.25, -0.2) is 0 Å². The van der Waals surface area contributed by atoms with Crippen molar-refractivity contribution in [2.75, 3.05) is 4.90 Å². The first-order chi connectivity index (χ1) is 26.3. The predicted octanol–water partition coefficient (Wildman–Crippen LogP) is 13.7. The van der Waals surface area contributed by atoms with Crippen LogP contribution in [0.2, 0.25) is 0 Å². The van der Waals surface area contributed by atoms with Gasteiger partial charge in [-0.05, 0) is 106 Å². The van der Waals surface area contributed by atoms with Crippen molar-refractivity contribution in [3.05, 3.63) is 200 Å². The van der Waals surface area contributed by atoms with Gasteiger partial charge in [0.2, 0.25) is 0 Å². The highest BCUT2D eigenvalue weighted by molar-refractivity contribution is 6.25. The van der Waals surface area contributed by atoms with Crippen LogP contribution >= 0.6 is 0 Å². The van der Waals surface area contributed by atoms with Crippen molar-refractivity contribution in [3.63, 3.8) is 0 Å². The molecule has 2 aromatic heterocycles. The van der Waals surface area contributed by atoms with Gasteiger partial charge in [0.05, 0.1) is 22.1 Å². The van der Waals surface area contributed by atoms with Gasteiger partial charge in [-0.1, -0.05) is 115 Å². The Morgan fingerprint density at radius 1 is 0.283 bits per heavy atom. The third-order valence-electron chi connectivity index (χ3n) is 10.8. The van der Waals surface area contributed by atoms with E-state index in [4.69, 9.17) is 0 Å². The van der Waals surface area contributed by atoms with Crippen LogP contribution in [0.25, 0.3) is 76.5 Å². The van der Waals surface area contributed by atoms with Gasteiger partial charge in [-0.15, -0.1) is 0 Å². The van der Waals surface area contributed by atoms with Crippen LogP contribution in [0, 0.1) is 0 Å². The number of nitrogens with zero attached hydrogens (tertiary/aromatic N) is 3. The Bertz CT molecular complexity index is 3150. The van der Waals surface area contributed by atoms with E-state index in [1.54, 1.807) is 0 Å². The van der Waals surface area contributed by atoms with E-state index in [-0.39, 0.29) is 0 Å². The Kier molecular flexibility index (Phi) is 6.55. The number of aromatic nitrogens is 2. The molecule has 11 aromatic rings. The Balaban J connectivity index is 1.14. The summed E-state index contributed by atoms with van der Waals surface area (Å²) >= 11 is 0. The smallest absolute Gasteiger partial charge is 0.0562 e. The normalized spacial score (nSPS) is 11.8. The zero-order valence-corrected chi connectivity index (χ0v) is 28.9. The molecule has 0 saturated carbocycles. The molecule has 3 heteroatoms. The summed E-state index contributed by atoms with van der Waals surface area (Å²) in [6, 6.07) is 72.7. The zero-order valence-electron chi connectivity index (χ0n) is 28.9. The van der Waals surface area contributed by atoms with E-state index in [1.165, 1.54) is 65.2 Å². The number of fused-ring (bicyclic) bond motifs is 9. The quantitative estimate of drug-likeness (QED) is 0.177. The van der Waals surface area contributed by atoms with E-state index >= 15 is 0 Å². The van der Waals surface area contributed by atoms with Gasteiger partial charge in [0.25, 0.3) is 0 Å². The molecule has 0 atom stereocenters. The molecule has 248 valence electrons. The van der Waals surface area contributed by atoms with Crippen molar-refractivity contribution in [3.8, 4) is 11.4 Å². The second-order valence-corrected chi connectivity index (χ2v) is 13.8. The fourth-order valence-corrected chi connectivity index (χ4v) is 8.47. The first-order valence-electron chi connectivity index (χ1n) is 18.2. The lowest BCUT2D eigenvalue weighted by molar-refractivity contribution is 1.16. The van der Waals surface area contributed by atoms with Crippen LogP contribution in [0.3, 0.4) is 0 Å². The highest BCUT2D eigenvalue weighted by Crippen LogP contribution is 2.42. The molecule has 0 aliphatic carbocycles. The van der Waals surface area contributed by atoms with Crippen LogP contribution < -0.4 is 4.90 Å². The summed E-state index contributed by atoms with van der Waals surface area (Å²) in [5.41, 5.74) is 10.4. The lowest BCUT2D eigenvalue weighted by Crippen LogP contribution is -2.10. The third-order valence-corrected chi connectivity index (χ3v) is 10.8. The Morgan fingerprint density at radius 2 is 0.849 bits per heavy atom. The van der Waals surface area contributed by atoms with Crippen LogP contribution in [0.15, 0.2) is 200 Å². The van der Waals surface area contributed by atoms with Crippen molar-refractivity contribution in [1.82, 2.24) is 9.13 Å². The Labute approximate surface area is 306 Å². The fourth-order valence-electron chi connectivity index (χ4n) is 8.47. The first kappa shape index (κ1) is 29.6. The summed E-state index contributed by atoms with van der Waals surface area (Å²) in [5, 5.41) is 10.0. The van der Waals surface area contributed by atoms with E-state index < -0.39 is 0 Å². The predicted molar refractivity (Wildman–Crippen MR) is 225 cm³/mol. The average molecular weight is 676 g/mol. The molecule has 0 fully saturated rings. The van der Waals surface area contributed by atoms with Crippen LogP contribution in [0.5, 0.6) is 0 Å². The average Bonchev–Trinajstić information content (AvgIpc) is 3.73. The molecule has 11 rings (SSSR count). The number of rotatable bonds is 5. The summed E-state index contributed by atoms with van der Waals surface area (Å²) in [4.78, 5) is 2.34. The largest absolute Gasteiger partial charge is 0.310 e. The van der Waals surface area contributed by atoms with E-state index in [9.17, 15) is 0 Å². The minimum atomic E-state index is 1.11. The summed E-state index contributed by atoms with van der Waals surface area (Å²) in [6.07, 6.45) is 0. The van der Waals surface area contributed by atoms with E-state index in [2.05, 4.69) is 214 Å². The maximum atomic E-state index is 2.43. The minimum absolute atomic E-state index is 1.11. The van der Waals surface area contributed by atoms with E-state index in [0.29, 0.717) is 0 Å². The van der Waals surface area contributed by atoms with Crippen LogP contribution in [-0.2, 0) is 0 Å². The summed E-state index contributed by atoms with van der Waals surface area (Å²) < 4.78 is 4.87. The molecule has 0 aliphatic rings. The molecule has 53 heavy (non-hydrogen) atoms. The molecule has 0 N–H and O–H groups in total. The minimum Gasteiger partial charge on any atom is -0.310 e. The number of anilines is 3. The molecule has 0 amide bonds. The summed E-state index contributed by atoms with van der Waals surface area (Å²) in [5.74, 6) is 0. The monoisotopic (exact) mass is 675 g/mol. The topological polar surface area (TPSA) is 13.1 Å². The SMILES string of the molecule is c1ccc(N(c2ccc(-n3c4ccccc4c4cc5c6c7ccccc7ccc6n(-c6ccccc6)c5cc43)cc2)c2ccc3ccccc3c2)cc1. The molecule has 0 bridgehead atoms. The van der Waals surface area contributed by atoms with Crippen molar-refractivity contribution in [2.45, 2.75) is 0 Å². The summed E-state index contributed by atoms with van der Waals surface area (Å²) in [7, 11) is 0. The van der Waals surface area contributed by atoms with Crippen molar-refractivity contribution < 1.29 is 0 Å². The van der Waals surface area contributed by atoms with Crippen LogP contribution in [0.1, 0.15) is 0 Å². The third kappa shape index (κ3) is 4.61. The molecular formula is C50H33N3. The van der Waals surface area contributed by atoms with Gasteiger partial charge in [-0.2, -0.15) is 0 Å². The van der Waals surface area contributed by atoms with Crippen molar-refractivity contribution in [1.29, 1.82) is 0 Å². The van der Waals surface area contributed by atoms with Crippen LogP contribution in [0.4, 0.5) is 17.1 Å². The maximum absolute atomic E-state index is 2.43. The van der Waals surface area contributed by atoms with Gasteiger partial charge in [0.15, 0.2) is 0 Å². The van der Waals surface area contributed by atoms with Crippen molar-refractivity contribution in [2.24, 2.45) is 0 Å². The highest BCUT2D eigenvalue weighted by atomic mass is 15.1. The van der Waals surface area contributed by atoms with Gasteiger partial charge in [0, 0.05) is 50.0 Å². The van der Waals surface area contributed by atoms with Gasteiger partial charge in [-0.3, -0.25) is 0 Å². The molecule has 0 spiro atoms. The second kappa shape index (κ2) is 11.7. The van der Waals surface area contributed by atoms with E-state index in [1.807, 2.05) is 0 Å². The van der Waals surface area contributed by atoms with E-state index in [0.717, 1.165) is 28.4 Å². The molecule has 3 nitrogen and oxygen atoms in total. The van der Waals surface area contributed by atoms with Gasteiger partial charge >= 0.3 is 0 Å². The summed E-state index contributed by atoms with van der Waals surface area (Å²) in [6.45, 7) is 0. The van der Waals surface area contributed by atoms with Crippen molar-refractivity contribution >= 4 is 82.2 Å². The zero-order chi connectivity index (χ0) is 34.9. The number of benzene rings is 9. The van der Waals surface area contributed by atoms with Gasteiger partial charge < -0.3 is 14.0 Å². The molecule has 0 unspecified atom stereocenters. The Morgan fingerprint density at radius 3 is 1.66 bits per heavy atom. The standard InChI is InChI=1S/C50H33N3/c1-3-16-37(17-4-1)51(41-25-23-34-13-7-8-15-36(34)31-41)39-26-28-40(29-27-39)52-46-22-12-11-21-43(46)44-32-45-49(33-48(44)52)53(38-18-5-2-6-19-38)47-30-24-35-14-9-10-20-42(35)50(45)47/h1-33H. The Hall–Kier alpha value is -7.10. The highest BCUT2D eigenvalue weighted by Gasteiger charge is 2.20. The lowest BCUT2D eigenvalue weighted by atomic mass is 10.0. The molecule has 9 aromatic carbocycles. The molecule has 0 radical (unpaired) electrons. The van der Waals surface area contributed by atoms with Crippen LogP contribution in [-0.4, -0.2) is 9.13 Å². The lowest BCUT2D eigenvalue weighted by Gasteiger charge is -2.26.